The van der Waals surface area contributed by atoms with Crippen molar-refractivity contribution >= 4 is 27.9 Å². The first kappa shape index (κ1) is 16.2. The molecule has 2 amide bonds. The van der Waals surface area contributed by atoms with Crippen LogP contribution in [-0.2, 0) is 15.0 Å². The Bertz CT molecular complexity index is 685. The first-order valence-corrected chi connectivity index (χ1v) is 7.88. The minimum Gasteiger partial charge on any atom is -0.465 e. The van der Waals surface area contributed by atoms with Gasteiger partial charge in [-0.15, -0.1) is 0 Å². The first-order valence-electron chi connectivity index (χ1n) is 7.08. The molecule has 1 aliphatic carbocycles. The number of likely N-dealkylation sites (tertiary alicyclic amines) is 1. The second kappa shape index (κ2) is 5.45. The SMILES string of the molecule is CON(C)C(=O)C1C2CC2(c2cc(Br)ccc2F)CN1C(=O)O. The minimum atomic E-state index is -1.19. The van der Waals surface area contributed by atoms with Gasteiger partial charge in [0.05, 0.1) is 7.11 Å². The van der Waals surface area contributed by atoms with Gasteiger partial charge in [0, 0.05) is 29.4 Å². The second-order valence-electron chi connectivity index (χ2n) is 5.96. The first-order chi connectivity index (χ1) is 10.8. The van der Waals surface area contributed by atoms with E-state index in [1.807, 2.05) is 0 Å². The van der Waals surface area contributed by atoms with Crippen molar-refractivity contribution in [2.75, 3.05) is 20.7 Å². The van der Waals surface area contributed by atoms with Gasteiger partial charge in [0.2, 0.25) is 0 Å². The third-order valence-electron chi connectivity index (χ3n) is 4.85. The number of carboxylic acid groups (broad SMARTS) is 1. The molecule has 1 saturated heterocycles. The molecule has 23 heavy (non-hydrogen) atoms. The van der Waals surface area contributed by atoms with Crippen LogP contribution < -0.4 is 0 Å². The number of likely N-dealkylation sites (N-methyl/N-ethyl adjacent to an activating group) is 1. The summed E-state index contributed by atoms with van der Waals surface area (Å²) in [4.78, 5) is 29.9. The minimum absolute atomic E-state index is 0.105. The Labute approximate surface area is 140 Å². The quantitative estimate of drug-likeness (QED) is 0.808. The van der Waals surface area contributed by atoms with Crippen molar-refractivity contribution in [3.05, 3.63) is 34.1 Å². The van der Waals surface area contributed by atoms with E-state index in [-0.39, 0.29) is 18.3 Å². The van der Waals surface area contributed by atoms with Crippen molar-refractivity contribution in [2.24, 2.45) is 5.92 Å². The molecule has 2 fully saturated rings. The summed E-state index contributed by atoms with van der Waals surface area (Å²) in [6, 6.07) is 3.77. The zero-order valence-corrected chi connectivity index (χ0v) is 14.2. The third-order valence-corrected chi connectivity index (χ3v) is 5.34. The van der Waals surface area contributed by atoms with Gasteiger partial charge < -0.3 is 5.11 Å². The summed E-state index contributed by atoms with van der Waals surface area (Å²) in [7, 11) is 2.77. The fourth-order valence-electron chi connectivity index (χ4n) is 3.59. The molecule has 0 aromatic heterocycles. The molecule has 3 unspecified atom stereocenters. The van der Waals surface area contributed by atoms with E-state index in [4.69, 9.17) is 4.84 Å². The molecule has 0 spiro atoms. The summed E-state index contributed by atoms with van der Waals surface area (Å²) in [6.45, 7) is 0.105. The van der Waals surface area contributed by atoms with Gasteiger partial charge in [-0.05, 0) is 30.2 Å². The number of hydrogen-bond acceptors (Lipinski definition) is 3. The molecule has 0 bridgehead atoms. The Hall–Kier alpha value is -1.67. The molecule has 1 aromatic rings. The maximum absolute atomic E-state index is 14.3. The highest BCUT2D eigenvalue weighted by Crippen LogP contribution is 2.62. The summed E-state index contributed by atoms with van der Waals surface area (Å²) in [5.41, 5.74) is -0.181. The standard InChI is InChI=1S/C15H16BrFN2O4/c1-18(23-2)13(20)12-10-6-15(10,7-19(12)14(21)22)9-5-8(16)3-4-11(9)17/h3-5,10,12H,6-7H2,1-2H3,(H,21,22). The molecule has 1 aliphatic heterocycles. The molecule has 3 rings (SSSR count). The number of carbonyl (C=O) groups is 2. The highest BCUT2D eigenvalue weighted by Gasteiger charge is 2.69. The van der Waals surface area contributed by atoms with Crippen molar-refractivity contribution in [1.29, 1.82) is 0 Å². The molecular formula is C15H16BrFN2O4. The Balaban J connectivity index is 1.98. The van der Waals surface area contributed by atoms with Crippen molar-refractivity contribution in [3.63, 3.8) is 0 Å². The number of amides is 2. The predicted octanol–water partition coefficient (Wildman–Crippen LogP) is 2.23. The number of rotatable bonds is 3. The number of benzene rings is 1. The Morgan fingerprint density at radius 3 is 2.83 bits per heavy atom. The van der Waals surface area contributed by atoms with E-state index in [1.165, 1.54) is 20.2 Å². The van der Waals surface area contributed by atoms with Crippen molar-refractivity contribution in [2.45, 2.75) is 17.9 Å². The van der Waals surface area contributed by atoms with Crippen LogP contribution in [0.2, 0.25) is 0 Å². The van der Waals surface area contributed by atoms with Crippen LogP contribution in [0.25, 0.3) is 0 Å². The molecule has 1 aromatic carbocycles. The number of halogens is 2. The van der Waals surface area contributed by atoms with E-state index >= 15 is 0 Å². The van der Waals surface area contributed by atoms with Crippen LogP contribution in [0.15, 0.2) is 22.7 Å². The van der Waals surface area contributed by atoms with Crippen LogP contribution in [0.4, 0.5) is 9.18 Å². The lowest BCUT2D eigenvalue weighted by atomic mass is 9.93. The van der Waals surface area contributed by atoms with Gasteiger partial charge in [-0.3, -0.25) is 14.5 Å². The zero-order valence-electron chi connectivity index (χ0n) is 12.6. The average Bonchev–Trinajstić information content (AvgIpc) is 3.14. The number of nitrogens with zero attached hydrogens (tertiary/aromatic N) is 2. The van der Waals surface area contributed by atoms with Crippen LogP contribution in [-0.4, -0.2) is 53.8 Å². The summed E-state index contributed by atoms with van der Waals surface area (Å²) in [5.74, 6) is -1.06. The highest BCUT2D eigenvalue weighted by molar-refractivity contribution is 9.10. The number of carbonyl (C=O) groups excluding carboxylic acids is 1. The maximum Gasteiger partial charge on any atom is 0.408 e. The van der Waals surface area contributed by atoms with E-state index in [2.05, 4.69) is 15.9 Å². The predicted molar refractivity (Wildman–Crippen MR) is 82.2 cm³/mol. The number of fused-ring (bicyclic) bond motifs is 1. The molecule has 8 heteroatoms. The number of piperidine rings is 1. The lowest BCUT2D eigenvalue weighted by Crippen LogP contribution is -2.48. The van der Waals surface area contributed by atoms with Gasteiger partial charge in [-0.2, -0.15) is 0 Å². The smallest absolute Gasteiger partial charge is 0.408 e. The summed E-state index contributed by atoms with van der Waals surface area (Å²) in [5, 5.41) is 10.4. The Kier molecular flexibility index (Phi) is 3.84. The molecule has 1 heterocycles. The molecule has 0 radical (unpaired) electrons. The van der Waals surface area contributed by atoms with Gasteiger partial charge in [0.25, 0.3) is 5.91 Å². The Morgan fingerprint density at radius 1 is 1.52 bits per heavy atom. The van der Waals surface area contributed by atoms with Crippen LogP contribution >= 0.6 is 15.9 Å². The molecule has 1 saturated carbocycles. The molecule has 3 atom stereocenters. The number of hydrogen-bond donors (Lipinski definition) is 1. The fourth-order valence-corrected chi connectivity index (χ4v) is 3.95. The van der Waals surface area contributed by atoms with E-state index in [0.29, 0.717) is 12.0 Å². The monoisotopic (exact) mass is 386 g/mol. The van der Waals surface area contributed by atoms with E-state index < -0.39 is 23.5 Å². The van der Waals surface area contributed by atoms with Crippen LogP contribution in [0, 0.1) is 11.7 Å². The fraction of sp³-hybridized carbons (Fsp3) is 0.467. The van der Waals surface area contributed by atoms with Gasteiger partial charge in [0.15, 0.2) is 0 Å². The summed E-state index contributed by atoms with van der Waals surface area (Å²) >= 11 is 3.32. The second-order valence-corrected chi connectivity index (χ2v) is 6.88. The maximum atomic E-state index is 14.3. The topological polar surface area (TPSA) is 70.1 Å². The van der Waals surface area contributed by atoms with Gasteiger partial charge >= 0.3 is 6.09 Å². The molecule has 124 valence electrons. The summed E-state index contributed by atoms with van der Waals surface area (Å²) < 4.78 is 15.0. The van der Waals surface area contributed by atoms with Crippen LogP contribution in [0.3, 0.4) is 0 Å². The van der Waals surface area contributed by atoms with E-state index in [1.54, 1.807) is 12.1 Å². The van der Waals surface area contributed by atoms with Crippen molar-refractivity contribution in [1.82, 2.24) is 9.96 Å². The highest BCUT2D eigenvalue weighted by atomic mass is 79.9. The van der Waals surface area contributed by atoms with Crippen LogP contribution in [0.5, 0.6) is 0 Å². The van der Waals surface area contributed by atoms with Gasteiger partial charge in [-0.25, -0.2) is 14.2 Å². The number of hydroxylamine groups is 2. The van der Waals surface area contributed by atoms with Gasteiger partial charge in [0.1, 0.15) is 11.9 Å². The molecule has 1 N–H and O–H groups in total. The van der Waals surface area contributed by atoms with Crippen molar-refractivity contribution < 1.29 is 23.9 Å². The van der Waals surface area contributed by atoms with E-state index in [0.717, 1.165) is 14.4 Å². The third kappa shape index (κ3) is 2.40. The van der Waals surface area contributed by atoms with Crippen LogP contribution in [0.1, 0.15) is 12.0 Å². The van der Waals surface area contributed by atoms with E-state index in [9.17, 15) is 19.1 Å². The molecule has 2 aliphatic rings. The van der Waals surface area contributed by atoms with Gasteiger partial charge in [-0.1, -0.05) is 15.9 Å². The average molecular weight is 387 g/mol. The molecular weight excluding hydrogens is 371 g/mol. The normalized spacial score (nSPS) is 28.4. The summed E-state index contributed by atoms with van der Waals surface area (Å²) in [6.07, 6.45) is -0.604. The Morgan fingerprint density at radius 2 is 2.22 bits per heavy atom. The lowest BCUT2D eigenvalue weighted by Gasteiger charge is -2.27. The zero-order chi connectivity index (χ0) is 16.9. The lowest BCUT2D eigenvalue weighted by molar-refractivity contribution is -0.173. The van der Waals surface area contributed by atoms with Crippen molar-refractivity contribution in [3.8, 4) is 0 Å². The largest absolute Gasteiger partial charge is 0.465 e. The molecule has 6 nitrogen and oxygen atoms in total.